The number of rotatable bonds is 7. The van der Waals surface area contributed by atoms with Crippen LogP contribution in [0.15, 0.2) is 29.2 Å². The van der Waals surface area contributed by atoms with E-state index in [1.165, 1.54) is 28.6 Å². The average Bonchev–Trinajstić information content (AvgIpc) is 2.55. The molecule has 1 fully saturated rings. The Bertz CT molecular complexity index is 685. The van der Waals surface area contributed by atoms with Gasteiger partial charge in [0, 0.05) is 25.7 Å². The number of sulfonamides is 1. The van der Waals surface area contributed by atoms with Crippen molar-refractivity contribution in [1.82, 2.24) is 9.62 Å². The Morgan fingerprint density at radius 2 is 2.12 bits per heavy atom. The average molecular weight is 384 g/mol. The topological polar surface area (TPSA) is 58.6 Å². The first-order valence-electron chi connectivity index (χ1n) is 7.70. The molecule has 2 rings (SSSR count). The lowest BCUT2D eigenvalue weighted by Crippen LogP contribution is -2.52. The van der Waals surface area contributed by atoms with Crippen molar-refractivity contribution < 1.29 is 30.7 Å². The number of piperazine rings is 1. The van der Waals surface area contributed by atoms with Crippen molar-refractivity contribution in [1.29, 1.82) is 0 Å². The Balaban J connectivity index is 2.08. The third-order valence-corrected chi connectivity index (χ3v) is 5.84. The predicted octanol–water partition coefficient (Wildman–Crippen LogP) is 2.09. The van der Waals surface area contributed by atoms with Gasteiger partial charge in [-0.3, -0.25) is 0 Å². The van der Waals surface area contributed by atoms with Crippen LogP contribution in [0.1, 0.15) is 12.5 Å². The summed E-state index contributed by atoms with van der Waals surface area (Å²) in [5.41, 5.74) is 0.314. The normalized spacial score (nSPS) is 20.2. The van der Waals surface area contributed by atoms with E-state index in [-0.39, 0.29) is 17.5 Å². The largest absolute Gasteiger partial charge is 0.370 e. The van der Waals surface area contributed by atoms with Gasteiger partial charge in [0.2, 0.25) is 10.0 Å². The highest BCUT2D eigenvalue weighted by Crippen LogP contribution is 2.24. The summed E-state index contributed by atoms with van der Waals surface area (Å²) in [6.07, 6.45) is -3.81. The third kappa shape index (κ3) is 4.90. The molecular weight excluding hydrogens is 364 g/mol. The monoisotopic (exact) mass is 384 g/mol. The quantitative estimate of drug-likeness (QED) is 0.732. The maximum atomic E-state index is 12.8. The smallest absolute Gasteiger partial charge is 0.330 e. The fraction of sp³-hybridized carbons (Fsp3) is 0.600. The summed E-state index contributed by atoms with van der Waals surface area (Å²) in [6, 6.07) is 5.44. The van der Waals surface area contributed by atoms with Crippen molar-refractivity contribution in [2.24, 2.45) is 0 Å². The molecule has 1 aliphatic heterocycles. The van der Waals surface area contributed by atoms with Crippen LogP contribution in [0.2, 0.25) is 0 Å². The van der Waals surface area contributed by atoms with Crippen molar-refractivity contribution in [2.75, 3.05) is 26.2 Å². The van der Waals surface area contributed by atoms with E-state index in [4.69, 9.17) is 0 Å². The number of hydrogen-bond donors (Lipinski definition) is 1. The highest BCUT2D eigenvalue weighted by atomic mass is 32.2. The van der Waals surface area contributed by atoms with Crippen molar-refractivity contribution in [3.05, 3.63) is 29.8 Å². The molecule has 1 atom stereocenters. The zero-order valence-corrected chi connectivity index (χ0v) is 14.4. The number of halogens is 4. The molecule has 1 unspecified atom stereocenters. The molecule has 1 N–H and O–H groups in total. The first-order valence-corrected chi connectivity index (χ1v) is 9.14. The second kappa shape index (κ2) is 7.98. The Kier molecular flexibility index (Phi) is 6.41. The highest BCUT2D eigenvalue weighted by Gasteiger charge is 2.41. The van der Waals surface area contributed by atoms with Crippen LogP contribution in [0.25, 0.3) is 0 Å². The zero-order valence-electron chi connectivity index (χ0n) is 13.6. The number of nitrogens with one attached hydrogen (secondary N) is 1. The number of nitrogens with zero attached hydrogens (tertiary/aromatic N) is 1. The van der Waals surface area contributed by atoms with E-state index in [1.54, 1.807) is 6.92 Å². The van der Waals surface area contributed by atoms with Crippen LogP contribution in [0.5, 0.6) is 0 Å². The first-order chi connectivity index (χ1) is 11.6. The summed E-state index contributed by atoms with van der Waals surface area (Å²) in [7, 11) is -3.73. The van der Waals surface area contributed by atoms with Gasteiger partial charge in [-0.15, -0.1) is 0 Å². The minimum atomic E-state index is -4.24. The summed E-state index contributed by atoms with van der Waals surface area (Å²) >= 11 is 0. The molecule has 1 saturated heterocycles. The van der Waals surface area contributed by atoms with Crippen LogP contribution in [-0.4, -0.2) is 57.4 Å². The summed E-state index contributed by atoms with van der Waals surface area (Å²) in [5, 5.41) is 3.09. The molecule has 25 heavy (non-hydrogen) atoms. The molecule has 10 heteroatoms. The zero-order chi connectivity index (χ0) is 18.7. The van der Waals surface area contributed by atoms with Crippen LogP contribution in [0.3, 0.4) is 0 Å². The van der Waals surface area contributed by atoms with Crippen LogP contribution < -0.4 is 5.32 Å². The van der Waals surface area contributed by atoms with Crippen molar-refractivity contribution in [3.8, 4) is 0 Å². The molecule has 142 valence electrons. The minimum absolute atomic E-state index is 0.0166. The second-order valence-electron chi connectivity index (χ2n) is 5.87. The Labute approximate surface area is 144 Å². The van der Waals surface area contributed by atoms with E-state index >= 15 is 0 Å². The molecule has 0 saturated carbocycles. The summed E-state index contributed by atoms with van der Waals surface area (Å²) in [6.45, 7) is 1.35. The molecule has 1 aromatic carbocycles. The molecule has 0 spiro atoms. The lowest BCUT2D eigenvalue weighted by molar-refractivity contribution is -0.168. The van der Waals surface area contributed by atoms with Gasteiger partial charge in [-0.05, 0) is 24.6 Å². The molecule has 0 amide bonds. The van der Waals surface area contributed by atoms with E-state index in [0.29, 0.717) is 25.2 Å². The van der Waals surface area contributed by atoms with E-state index in [1.807, 2.05) is 0 Å². The third-order valence-electron chi connectivity index (χ3n) is 3.83. The van der Waals surface area contributed by atoms with Crippen LogP contribution in [0.4, 0.5) is 17.6 Å². The van der Waals surface area contributed by atoms with Gasteiger partial charge in [0.15, 0.2) is 0 Å². The Hall–Kier alpha value is -1.23. The van der Waals surface area contributed by atoms with E-state index in [2.05, 4.69) is 10.1 Å². The molecule has 1 aromatic rings. The van der Waals surface area contributed by atoms with Crippen molar-refractivity contribution in [2.45, 2.75) is 36.8 Å². The molecule has 0 radical (unpaired) electrons. The van der Waals surface area contributed by atoms with Gasteiger partial charge >= 0.3 is 12.3 Å². The molecular formula is C15H20F4N2O3S. The second-order valence-corrected chi connectivity index (χ2v) is 7.76. The highest BCUT2D eigenvalue weighted by molar-refractivity contribution is 7.89. The summed E-state index contributed by atoms with van der Waals surface area (Å²) in [4.78, 5) is 0.0166. The standard InChI is InChI=1S/C15H20F4N2O3S/c1-11-8-20-5-6-21(11)25(22,23)13-4-2-3-12(7-13)9-24-10-15(18,19)14(16)17/h2-4,7,11,14,20H,5-6,8-10H2,1H3. The maximum absolute atomic E-state index is 12.8. The molecule has 1 aliphatic rings. The summed E-state index contributed by atoms with van der Waals surface area (Å²) < 4.78 is 81.2. The summed E-state index contributed by atoms with van der Waals surface area (Å²) in [5.74, 6) is -4.24. The fourth-order valence-electron chi connectivity index (χ4n) is 2.48. The SMILES string of the molecule is CC1CNCCN1S(=O)(=O)c1cccc(COCC(F)(F)C(F)F)c1. The molecule has 5 nitrogen and oxygen atoms in total. The van der Waals surface area contributed by atoms with Crippen molar-refractivity contribution >= 4 is 10.0 Å². The van der Waals surface area contributed by atoms with Gasteiger partial charge in [-0.2, -0.15) is 13.1 Å². The predicted molar refractivity (Wildman–Crippen MR) is 83.3 cm³/mol. The molecule has 1 heterocycles. The lowest BCUT2D eigenvalue weighted by Gasteiger charge is -2.32. The first kappa shape index (κ1) is 20.1. The van der Waals surface area contributed by atoms with Gasteiger partial charge in [-0.1, -0.05) is 12.1 Å². The number of alkyl halides is 4. The van der Waals surface area contributed by atoms with Crippen molar-refractivity contribution in [3.63, 3.8) is 0 Å². The van der Waals surface area contributed by atoms with E-state index < -0.39 is 29.0 Å². The van der Waals surface area contributed by atoms with Gasteiger partial charge in [0.05, 0.1) is 11.5 Å². The lowest BCUT2D eigenvalue weighted by atomic mass is 10.2. The van der Waals surface area contributed by atoms with Gasteiger partial charge < -0.3 is 10.1 Å². The van der Waals surface area contributed by atoms with E-state index in [0.717, 1.165) is 0 Å². The van der Waals surface area contributed by atoms with E-state index in [9.17, 15) is 26.0 Å². The number of ether oxygens (including phenoxy) is 1. The fourth-order valence-corrected chi connectivity index (χ4v) is 4.18. The van der Waals surface area contributed by atoms with Crippen LogP contribution in [0, 0.1) is 0 Å². The van der Waals surface area contributed by atoms with Gasteiger partial charge in [-0.25, -0.2) is 17.2 Å². The molecule has 0 bridgehead atoms. The molecule has 0 aromatic heterocycles. The van der Waals surface area contributed by atoms with Crippen LogP contribution in [-0.2, 0) is 21.4 Å². The van der Waals surface area contributed by atoms with Crippen LogP contribution >= 0.6 is 0 Å². The van der Waals surface area contributed by atoms with Gasteiger partial charge in [0.1, 0.15) is 6.61 Å². The number of hydrogen-bond acceptors (Lipinski definition) is 4. The Morgan fingerprint density at radius 3 is 2.76 bits per heavy atom. The Morgan fingerprint density at radius 1 is 1.40 bits per heavy atom. The maximum Gasteiger partial charge on any atom is 0.330 e. The van der Waals surface area contributed by atoms with Gasteiger partial charge in [0.25, 0.3) is 0 Å². The number of benzene rings is 1. The minimum Gasteiger partial charge on any atom is -0.370 e. The molecule has 0 aliphatic carbocycles.